The van der Waals surface area contributed by atoms with E-state index in [0.29, 0.717) is 12.0 Å². The highest BCUT2D eigenvalue weighted by molar-refractivity contribution is 9.10. The van der Waals surface area contributed by atoms with Gasteiger partial charge in [0.1, 0.15) is 12.2 Å². The number of nitrogens with one attached hydrogen (secondary N) is 2. The molecule has 0 unspecified atom stereocenters. The number of nitrogens with zero attached hydrogens (tertiary/aromatic N) is 2. The van der Waals surface area contributed by atoms with Crippen molar-refractivity contribution in [1.82, 2.24) is 20.5 Å². The van der Waals surface area contributed by atoms with Crippen LogP contribution in [0.3, 0.4) is 0 Å². The molecule has 1 fully saturated rings. The summed E-state index contributed by atoms with van der Waals surface area (Å²) in [5.41, 5.74) is 1.43. The van der Waals surface area contributed by atoms with Crippen LogP contribution in [0.25, 0.3) is 0 Å². The van der Waals surface area contributed by atoms with E-state index in [1.165, 1.54) is 22.9 Å². The van der Waals surface area contributed by atoms with Gasteiger partial charge in [-0.05, 0) is 30.4 Å². The first-order valence-corrected chi connectivity index (χ1v) is 6.94. The van der Waals surface area contributed by atoms with Crippen LogP contribution in [0.5, 0.6) is 0 Å². The normalized spacial score (nSPS) is 22.7. The maximum atomic E-state index is 4.10. The lowest BCUT2D eigenvalue weighted by Gasteiger charge is -2.36. The Bertz CT molecular complexity index is 505. The van der Waals surface area contributed by atoms with Gasteiger partial charge in [-0.2, -0.15) is 5.10 Å². The molecule has 1 aromatic heterocycles. The van der Waals surface area contributed by atoms with Crippen molar-refractivity contribution in [2.75, 3.05) is 0 Å². The highest BCUT2D eigenvalue weighted by Gasteiger charge is 2.30. The predicted octanol–water partition coefficient (Wildman–Crippen LogP) is 2.60. The molecule has 0 radical (unpaired) electrons. The minimum absolute atomic E-state index is 0.590. The lowest BCUT2D eigenvalue weighted by molar-refractivity contribution is 0.287. The number of H-pyrrole nitrogens is 1. The van der Waals surface area contributed by atoms with Crippen molar-refractivity contribution in [1.29, 1.82) is 0 Å². The summed E-state index contributed by atoms with van der Waals surface area (Å²) in [6.07, 6.45) is 3.93. The van der Waals surface area contributed by atoms with Gasteiger partial charge < -0.3 is 5.32 Å². The van der Waals surface area contributed by atoms with Gasteiger partial charge >= 0.3 is 0 Å². The van der Waals surface area contributed by atoms with Crippen LogP contribution in [0, 0.1) is 0 Å². The third-order valence-electron chi connectivity index (χ3n) is 3.51. The number of benzene rings is 1. The van der Waals surface area contributed by atoms with E-state index in [9.17, 15) is 0 Å². The Kier molecular flexibility index (Phi) is 3.43. The van der Waals surface area contributed by atoms with E-state index in [1.807, 2.05) is 0 Å². The first-order chi connectivity index (χ1) is 8.83. The number of hydrogen-bond acceptors (Lipinski definition) is 3. The quantitative estimate of drug-likeness (QED) is 0.913. The van der Waals surface area contributed by atoms with Crippen LogP contribution in [-0.4, -0.2) is 21.2 Å². The van der Waals surface area contributed by atoms with E-state index >= 15 is 0 Å². The monoisotopic (exact) mass is 306 g/mol. The van der Waals surface area contributed by atoms with Gasteiger partial charge in [-0.1, -0.05) is 34.1 Å². The van der Waals surface area contributed by atoms with E-state index in [2.05, 4.69) is 60.7 Å². The van der Waals surface area contributed by atoms with Gasteiger partial charge in [-0.25, -0.2) is 4.98 Å². The zero-order valence-electron chi connectivity index (χ0n) is 9.94. The third kappa shape index (κ3) is 2.47. The van der Waals surface area contributed by atoms with E-state index in [0.717, 1.165) is 12.4 Å². The maximum absolute atomic E-state index is 4.10. The molecular formula is C13H15BrN4. The molecule has 1 aromatic carbocycles. The van der Waals surface area contributed by atoms with E-state index in [4.69, 9.17) is 0 Å². The summed E-state index contributed by atoms with van der Waals surface area (Å²) < 4.78 is 1.23. The highest BCUT2D eigenvalue weighted by Crippen LogP contribution is 2.39. The predicted molar refractivity (Wildman–Crippen MR) is 73.1 cm³/mol. The lowest BCUT2D eigenvalue weighted by Crippen LogP contribution is -2.39. The van der Waals surface area contributed by atoms with Crippen molar-refractivity contribution in [3.8, 4) is 0 Å². The summed E-state index contributed by atoms with van der Waals surface area (Å²) in [6, 6.07) is 9.08. The van der Waals surface area contributed by atoms with Crippen LogP contribution in [-0.2, 0) is 6.54 Å². The number of aromatic nitrogens is 3. The van der Waals surface area contributed by atoms with Gasteiger partial charge in [0.2, 0.25) is 0 Å². The lowest BCUT2D eigenvalue weighted by atomic mass is 9.76. The zero-order valence-corrected chi connectivity index (χ0v) is 11.5. The summed E-state index contributed by atoms with van der Waals surface area (Å²) >= 11 is 3.62. The molecular weight excluding hydrogens is 292 g/mol. The summed E-state index contributed by atoms with van der Waals surface area (Å²) in [7, 11) is 0. The molecule has 2 aromatic rings. The largest absolute Gasteiger partial charge is 0.307 e. The number of hydrogen-bond donors (Lipinski definition) is 2. The van der Waals surface area contributed by atoms with Crippen LogP contribution in [0.2, 0.25) is 0 Å². The minimum Gasteiger partial charge on any atom is -0.307 e. The number of rotatable bonds is 4. The van der Waals surface area contributed by atoms with Gasteiger partial charge in [0.15, 0.2) is 0 Å². The minimum atomic E-state index is 0.590. The average molecular weight is 307 g/mol. The molecule has 94 valence electrons. The molecule has 1 aliphatic carbocycles. The van der Waals surface area contributed by atoms with Crippen LogP contribution in [0.15, 0.2) is 35.1 Å². The van der Waals surface area contributed by atoms with Crippen LogP contribution >= 0.6 is 15.9 Å². The van der Waals surface area contributed by atoms with Gasteiger partial charge in [0.05, 0.1) is 6.54 Å². The van der Waals surface area contributed by atoms with E-state index in [-0.39, 0.29) is 0 Å². The first-order valence-electron chi connectivity index (χ1n) is 6.15. The Labute approximate surface area is 114 Å². The fraction of sp³-hybridized carbons (Fsp3) is 0.385. The molecule has 0 bridgehead atoms. The van der Waals surface area contributed by atoms with E-state index in [1.54, 1.807) is 6.33 Å². The number of aromatic amines is 1. The third-order valence-corrected chi connectivity index (χ3v) is 4.23. The molecule has 1 heterocycles. The molecule has 5 heteroatoms. The van der Waals surface area contributed by atoms with Crippen molar-refractivity contribution >= 4 is 15.9 Å². The van der Waals surface area contributed by atoms with Crippen molar-refractivity contribution in [3.63, 3.8) is 0 Å². The van der Waals surface area contributed by atoms with Gasteiger partial charge in [0, 0.05) is 10.5 Å². The highest BCUT2D eigenvalue weighted by atomic mass is 79.9. The molecule has 18 heavy (non-hydrogen) atoms. The van der Waals surface area contributed by atoms with Crippen molar-refractivity contribution < 1.29 is 0 Å². The molecule has 1 saturated carbocycles. The van der Waals surface area contributed by atoms with Crippen molar-refractivity contribution in [2.45, 2.75) is 31.3 Å². The Hall–Kier alpha value is -1.20. The first kappa shape index (κ1) is 11.9. The topological polar surface area (TPSA) is 53.6 Å². The second kappa shape index (κ2) is 5.20. The Morgan fingerprint density at radius 3 is 2.89 bits per heavy atom. The maximum Gasteiger partial charge on any atom is 0.138 e. The fourth-order valence-corrected chi connectivity index (χ4v) is 3.01. The Morgan fingerprint density at radius 1 is 1.33 bits per heavy atom. The SMILES string of the molecule is Brc1ccccc1C1CC(NCc2ncn[nH]2)C1. The molecule has 0 amide bonds. The summed E-state index contributed by atoms with van der Waals surface area (Å²) in [5, 5.41) is 10.2. The second-order valence-electron chi connectivity index (χ2n) is 4.70. The Morgan fingerprint density at radius 2 is 2.17 bits per heavy atom. The van der Waals surface area contributed by atoms with Gasteiger partial charge in [-0.3, -0.25) is 5.10 Å². The summed E-state index contributed by atoms with van der Waals surface area (Å²) in [6.45, 7) is 0.771. The molecule has 0 saturated heterocycles. The summed E-state index contributed by atoms with van der Waals surface area (Å²) in [5.74, 6) is 1.58. The molecule has 2 N–H and O–H groups in total. The average Bonchev–Trinajstić information content (AvgIpc) is 2.82. The molecule has 3 rings (SSSR count). The Balaban J connectivity index is 1.50. The van der Waals surface area contributed by atoms with Crippen LogP contribution in [0.1, 0.15) is 30.1 Å². The van der Waals surface area contributed by atoms with Crippen molar-refractivity contribution in [2.24, 2.45) is 0 Å². The molecule has 1 aliphatic rings. The zero-order chi connectivity index (χ0) is 12.4. The standard InChI is InChI=1S/C13H15BrN4/c14-12-4-2-1-3-11(12)9-5-10(6-9)15-7-13-16-8-17-18-13/h1-4,8-10,15H,5-7H2,(H,16,17,18). The molecule has 0 spiro atoms. The number of halogens is 1. The molecule has 0 atom stereocenters. The van der Waals surface area contributed by atoms with Crippen LogP contribution < -0.4 is 5.32 Å². The van der Waals surface area contributed by atoms with E-state index < -0.39 is 0 Å². The summed E-state index contributed by atoms with van der Waals surface area (Å²) in [4.78, 5) is 4.10. The van der Waals surface area contributed by atoms with Crippen molar-refractivity contribution in [3.05, 3.63) is 46.5 Å². The molecule has 0 aliphatic heterocycles. The fourth-order valence-electron chi connectivity index (χ4n) is 2.40. The van der Waals surface area contributed by atoms with Gasteiger partial charge in [0.25, 0.3) is 0 Å². The smallest absolute Gasteiger partial charge is 0.138 e. The molecule has 4 nitrogen and oxygen atoms in total. The van der Waals surface area contributed by atoms with Crippen LogP contribution in [0.4, 0.5) is 0 Å². The second-order valence-corrected chi connectivity index (χ2v) is 5.55. The van der Waals surface area contributed by atoms with Gasteiger partial charge in [-0.15, -0.1) is 0 Å².